The number of carbonyl (C=O) groups is 1. The molecule has 0 aromatic carbocycles. The second kappa shape index (κ2) is 4.54. The van der Waals surface area contributed by atoms with Crippen LogP contribution in [0.1, 0.15) is 13.8 Å². The van der Waals surface area contributed by atoms with Gasteiger partial charge in [-0.05, 0) is 13.8 Å². The fraction of sp³-hybridized carbons (Fsp3) is 0.667. The molecule has 0 aromatic heterocycles. The summed E-state index contributed by atoms with van der Waals surface area (Å²) in [6.45, 7) is 3.80. The molecule has 0 rings (SSSR count). The number of hydrogen-bond donors (Lipinski definition) is 4. The average Bonchev–Trinajstić information content (AvgIpc) is 1.82. The van der Waals surface area contributed by atoms with E-state index in [1.807, 2.05) is 13.8 Å². The highest BCUT2D eigenvalue weighted by Gasteiger charge is 2.00. The predicted molar refractivity (Wildman–Crippen MR) is 43.6 cm³/mol. The van der Waals surface area contributed by atoms with Crippen LogP contribution in [-0.2, 0) is 0 Å². The van der Waals surface area contributed by atoms with Crippen LogP contribution < -0.4 is 16.4 Å². The molecule has 64 valence electrons. The van der Waals surface area contributed by atoms with E-state index in [0.717, 1.165) is 0 Å². The highest BCUT2D eigenvalue weighted by atomic mass is 16.2. The zero-order chi connectivity index (χ0) is 8.85. The van der Waals surface area contributed by atoms with Gasteiger partial charge in [-0.25, -0.2) is 4.79 Å². The van der Waals surface area contributed by atoms with Gasteiger partial charge in [0.2, 0.25) is 0 Å². The molecule has 0 aromatic rings. The summed E-state index contributed by atoms with van der Waals surface area (Å²) in [5, 5.41) is 11.8. The summed E-state index contributed by atoms with van der Waals surface area (Å²) in [5.74, 6) is -0.0519. The molecule has 0 unspecified atom stereocenters. The van der Waals surface area contributed by atoms with Gasteiger partial charge in [-0.2, -0.15) is 0 Å². The lowest BCUT2D eigenvalue weighted by Crippen LogP contribution is -2.42. The lowest BCUT2D eigenvalue weighted by Gasteiger charge is -2.08. The molecule has 5 N–H and O–H groups in total. The lowest BCUT2D eigenvalue weighted by molar-refractivity contribution is 0.240. The van der Waals surface area contributed by atoms with Gasteiger partial charge >= 0.3 is 6.03 Å². The first-order valence-corrected chi connectivity index (χ1v) is 3.39. The Labute approximate surface area is 65.9 Å². The highest BCUT2D eigenvalue weighted by molar-refractivity contribution is 5.84. The van der Waals surface area contributed by atoms with Crippen molar-refractivity contribution in [3.63, 3.8) is 0 Å². The Morgan fingerprint density at radius 3 is 2.55 bits per heavy atom. The Morgan fingerprint density at radius 2 is 2.18 bits per heavy atom. The average molecular weight is 158 g/mol. The zero-order valence-electron chi connectivity index (χ0n) is 6.77. The SMILES string of the molecule is CC(C)NC(=O)NCC(=N)N. The van der Waals surface area contributed by atoms with E-state index in [0.29, 0.717) is 0 Å². The van der Waals surface area contributed by atoms with Gasteiger partial charge in [0, 0.05) is 6.04 Å². The van der Waals surface area contributed by atoms with Crippen molar-refractivity contribution in [1.82, 2.24) is 10.6 Å². The van der Waals surface area contributed by atoms with Gasteiger partial charge in [-0.15, -0.1) is 0 Å². The molecule has 0 aliphatic rings. The van der Waals surface area contributed by atoms with Gasteiger partial charge < -0.3 is 16.4 Å². The van der Waals surface area contributed by atoms with E-state index in [1.54, 1.807) is 0 Å². The monoisotopic (exact) mass is 158 g/mol. The van der Waals surface area contributed by atoms with Crippen LogP contribution in [0.4, 0.5) is 4.79 Å². The van der Waals surface area contributed by atoms with E-state index in [2.05, 4.69) is 10.6 Å². The fourth-order valence-corrected chi connectivity index (χ4v) is 0.489. The molecule has 11 heavy (non-hydrogen) atoms. The first kappa shape index (κ1) is 9.74. The summed E-state index contributed by atoms with van der Waals surface area (Å²) in [6.07, 6.45) is 0. The Hall–Kier alpha value is -1.26. The van der Waals surface area contributed by atoms with E-state index >= 15 is 0 Å². The van der Waals surface area contributed by atoms with Gasteiger partial charge in [0.1, 0.15) is 5.84 Å². The zero-order valence-corrected chi connectivity index (χ0v) is 6.77. The molecular formula is C6H14N4O. The summed E-state index contributed by atoms with van der Waals surface area (Å²) in [7, 11) is 0. The van der Waals surface area contributed by atoms with Crippen molar-refractivity contribution in [1.29, 1.82) is 5.41 Å². The van der Waals surface area contributed by atoms with E-state index in [-0.39, 0.29) is 24.5 Å². The van der Waals surface area contributed by atoms with E-state index in [1.165, 1.54) is 0 Å². The second-order valence-electron chi connectivity index (χ2n) is 2.51. The maximum atomic E-state index is 10.8. The molecular weight excluding hydrogens is 144 g/mol. The summed E-state index contributed by atoms with van der Waals surface area (Å²) in [6, 6.07) is -0.197. The minimum absolute atomic E-state index is 0.0519. The van der Waals surface area contributed by atoms with Crippen molar-refractivity contribution < 1.29 is 4.79 Å². The maximum absolute atomic E-state index is 10.8. The third-order valence-electron chi connectivity index (χ3n) is 0.859. The molecule has 0 heterocycles. The molecule has 2 amide bonds. The van der Waals surface area contributed by atoms with Crippen molar-refractivity contribution in [2.75, 3.05) is 6.54 Å². The van der Waals surface area contributed by atoms with Crippen molar-refractivity contribution >= 4 is 11.9 Å². The molecule has 5 nitrogen and oxygen atoms in total. The van der Waals surface area contributed by atoms with Crippen LogP contribution in [0.25, 0.3) is 0 Å². The Morgan fingerprint density at radius 1 is 1.64 bits per heavy atom. The van der Waals surface area contributed by atoms with Crippen molar-refractivity contribution in [3.8, 4) is 0 Å². The molecule has 0 saturated heterocycles. The first-order valence-electron chi connectivity index (χ1n) is 3.39. The lowest BCUT2D eigenvalue weighted by atomic mass is 10.4. The third kappa shape index (κ3) is 6.63. The number of nitrogens with two attached hydrogens (primary N) is 1. The minimum Gasteiger partial charge on any atom is -0.386 e. The summed E-state index contributed by atoms with van der Waals surface area (Å²) < 4.78 is 0. The minimum atomic E-state index is -0.296. The number of carbonyl (C=O) groups excluding carboxylic acids is 1. The van der Waals surface area contributed by atoms with Gasteiger partial charge in [-0.1, -0.05) is 0 Å². The van der Waals surface area contributed by atoms with Gasteiger partial charge in [0.15, 0.2) is 0 Å². The largest absolute Gasteiger partial charge is 0.386 e. The highest BCUT2D eigenvalue weighted by Crippen LogP contribution is 1.74. The van der Waals surface area contributed by atoms with Crippen LogP contribution in [0, 0.1) is 5.41 Å². The first-order chi connectivity index (χ1) is 5.02. The molecule has 0 bridgehead atoms. The second-order valence-corrected chi connectivity index (χ2v) is 2.51. The normalized spacial score (nSPS) is 9.36. The molecule has 0 atom stereocenters. The molecule has 5 heteroatoms. The Kier molecular flexibility index (Phi) is 4.02. The van der Waals surface area contributed by atoms with Crippen LogP contribution in [0.2, 0.25) is 0 Å². The maximum Gasteiger partial charge on any atom is 0.315 e. The third-order valence-corrected chi connectivity index (χ3v) is 0.859. The topological polar surface area (TPSA) is 91.0 Å². The molecule has 0 spiro atoms. The van der Waals surface area contributed by atoms with Gasteiger partial charge in [0.05, 0.1) is 6.54 Å². The number of hydrogen-bond acceptors (Lipinski definition) is 2. The molecule has 0 radical (unpaired) electrons. The van der Waals surface area contributed by atoms with E-state index in [9.17, 15) is 4.79 Å². The smallest absolute Gasteiger partial charge is 0.315 e. The molecule has 0 saturated carbocycles. The van der Waals surface area contributed by atoms with Crippen LogP contribution in [0.15, 0.2) is 0 Å². The summed E-state index contributed by atoms with van der Waals surface area (Å²) in [5.41, 5.74) is 5.01. The van der Waals surface area contributed by atoms with E-state index < -0.39 is 0 Å². The quantitative estimate of drug-likeness (QED) is 0.333. The van der Waals surface area contributed by atoms with Crippen LogP contribution in [0.5, 0.6) is 0 Å². The van der Waals surface area contributed by atoms with Gasteiger partial charge in [0.25, 0.3) is 0 Å². The summed E-state index contributed by atoms with van der Waals surface area (Å²) >= 11 is 0. The van der Waals surface area contributed by atoms with Gasteiger partial charge in [-0.3, -0.25) is 5.41 Å². The number of rotatable bonds is 3. The number of urea groups is 1. The number of amidine groups is 1. The number of nitrogens with one attached hydrogen (secondary N) is 3. The fourth-order valence-electron chi connectivity index (χ4n) is 0.489. The van der Waals surface area contributed by atoms with E-state index in [4.69, 9.17) is 11.1 Å². The van der Waals surface area contributed by atoms with Crippen LogP contribution in [-0.4, -0.2) is 24.5 Å². The van der Waals surface area contributed by atoms with Crippen LogP contribution >= 0.6 is 0 Å². The van der Waals surface area contributed by atoms with Crippen molar-refractivity contribution in [3.05, 3.63) is 0 Å². The van der Waals surface area contributed by atoms with Crippen LogP contribution in [0.3, 0.4) is 0 Å². The Bertz CT molecular complexity index is 155. The molecule has 0 aliphatic carbocycles. The molecule has 0 aliphatic heterocycles. The van der Waals surface area contributed by atoms with Crippen molar-refractivity contribution in [2.24, 2.45) is 5.73 Å². The molecule has 0 fully saturated rings. The predicted octanol–water partition coefficient (Wildman–Crippen LogP) is -0.370. The number of amides is 2. The summed E-state index contributed by atoms with van der Waals surface area (Å²) in [4.78, 5) is 10.8. The standard InChI is InChI=1S/C6H14N4O/c1-4(2)10-6(11)9-3-5(7)8/h4H,3H2,1-2H3,(H3,7,8)(H2,9,10,11). The van der Waals surface area contributed by atoms with Crippen molar-refractivity contribution in [2.45, 2.75) is 19.9 Å². The Balaban J connectivity index is 3.45.